The van der Waals surface area contributed by atoms with Crippen molar-refractivity contribution in [1.82, 2.24) is 15.5 Å². The Balaban J connectivity index is 1.66. The summed E-state index contributed by atoms with van der Waals surface area (Å²) >= 11 is 7.15. The molecular formula is C22H24ClN5O2S. The van der Waals surface area contributed by atoms with Crippen LogP contribution in [-0.2, 0) is 4.79 Å². The summed E-state index contributed by atoms with van der Waals surface area (Å²) in [6.07, 6.45) is 0.712. The summed E-state index contributed by atoms with van der Waals surface area (Å²) in [6.45, 7) is 5.88. The van der Waals surface area contributed by atoms with E-state index in [2.05, 4.69) is 26.1 Å². The summed E-state index contributed by atoms with van der Waals surface area (Å²) in [7, 11) is 0. The van der Waals surface area contributed by atoms with Crippen molar-refractivity contribution >= 4 is 45.7 Å². The summed E-state index contributed by atoms with van der Waals surface area (Å²) in [5.41, 5.74) is 2.67. The number of anilines is 2. The van der Waals surface area contributed by atoms with Gasteiger partial charge in [0.1, 0.15) is 11.0 Å². The van der Waals surface area contributed by atoms with Gasteiger partial charge in [-0.05, 0) is 37.1 Å². The van der Waals surface area contributed by atoms with Crippen LogP contribution in [0.3, 0.4) is 0 Å². The Morgan fingerprint density at radius 1 is 1.03 bits per heavy atom. The Hall–Kier alpha value is -2.97. The van der Waals surface area contributed by atoms with Crippen molar-refractivity contribution in [1.29, 1.82) is 0 Å². The van der Waals surface area contributed by atoms with Gasteiger partial charge in [-0.15, -0.1) is 10.2 Å². The van der Waals surface area contributed by atoms with Gasteiger partial charge in [-0.2, -0.15) is 0 Å². The van der Waals surface area contributed by atoms with E-state index in [1.807, 2.05) is 45.0 Å². The van der Waals surface area contributed by atoms with Crippen molar-refractivity contribution in [3.05, 3.63) is 59.1 Å². The van der Waals surface area contributed by atoms with Crippen molar-refractivity contribution in [2.75, 3.05) is 10.6 Å². The van der Waals surface area contributed by atoms with E-state index in [0.717, 1.165) is 11.1 Å². The maximum Gasteiger partial charge on any atom is 0.319 e. The van der Waals surface area contributed by atoms with Crippen LogP contribution in [0.15, 0.2) is 48.5 Å². The van der Waals surface area contributed by atoms with Crippen LogP contribution in [0.1, 0.15) is 25.8 Å². The van der Waals surface area contributed by atoms with E-state index in [-0.39, 0.29) is 11.8 Å². The molecule has 7 nitrogen and oxygen atoms in total. The molecule has 3 aromatic rings. The van der Waals surface area contributed by atoms with Gasteiger partial charge in [0.05, 0.1) is 0 Å². The van der Waals surface area contributed by atoms with Gasteiger partial charge in [-0.1, -0.05) is 73.0 Å². The summed E-state index contributed by atoms with van der Waals surface area (Å²) in [5.74, 6) is -0.423. The van der Waals surface area contributed by atoms with Crippen LogP contribution in [-0.4, -0.2) is 28.2 Å². The Morgan fingerprint density at radius 2 is 1.71 bits per heavy atom. The molecule has 0 radical (unpaired) electrons. The van der Waals surface area contributed by atoms with Gasteiger partial charge in [0, 0.05) is 16.3 Å². The van der Waals surface area contributed by atoms with Crippen LogP contribution in [0, 0.1) is 12.8 Å². The molecule has 3 amide bonds. The number of urea groups is 1. The molecule has 0 saturated heterocycles. The number of benzene rings is 2. The first-order chi connectivity index (χ1) is 14.9. The average Bonchev–Trinajstić information content (AvgIpc) is 3.22. The van der Waals surface area contributed by atoms with Crippen molar-refractivity contribution in [2.45, 2.75) is 33.2 Å². The van der Waals surface area contributed by atoms with Crippen LogP contribution >= 0.6 is 22.9 Å². The monoisotopic (exact) mass is 457 g/mol. The summed E-state index contributed by atoms with van der Waals surface area (Å²) in [6, 6.07) is 13.5. The Labute approximate surface area is 190 Å². The van der Waals surface area contributed by atoms with E-state index in [0.29, 0.717) is 27.3 Å². The van der Waals surface area contributed by atoms with E-state index in [1.54, 1.807) is 24.3 Å². The Bertz CT molecular complexity index is 1040. The minimum atomic E-state index is -0.732. The smallest absolute Gasteiger partial charge is 0.319 e. The lowest BCUT2D eigenvalue weighted by Crippen LogP contribution is -2.49. The summed E-state index contributed by atoms with van der Waals surface area (Å²) in [4.78, 5) is 25.3. The first-order valence-corrected chi connectivity index (χ1v) is 11.1. The van der Waals surface area contributed by atoms with Crippen LogP contribution in [0.2, 0.25) is 5.02 Å². The van der Waals surface area contributed by atoms with Gasteiger partial charge in [0.15, 0.2) is 0 Å². The normalized spacial score (nSPS) is 12.6. The highest BCUT2D eigenvalue weighted by molar-refractivity contribution is 7.18. The van der Waals surface area contributed by atoms with E-state index >= 15 is 0 Å². The highest BCUT2D eigenvalue weighted by Crippen LogP contribution is 2.27. The third-order valence-corrected chi connectivity index (χ3v) is 5.98. The number of aromatic nitrogens is 2. The molecule has 0 aliphatic heterocycles. The van der Waals surface area contributed by atoms with E-state index in [9.17, 15) is 9.59 Å². The minimum absolute atomic E-state index is 0.0829. The van der Waals surface area contributed by atoms with Crippen molar-refractivity contribution in [3.8, 4) is 10.6 Å². The van der Waals surface area contributed by atoms with Gasteiger partial charge in [0.2, 0.25) is 11.0 Å². The van der Waals surface area contributed by atoms with Gasteiger partial charge < -0.3 is 10.6 Å². The molecule has 1 aromatic heterocycles. The molecule has 2 atom stereocenters. The number of halogens is 1. The lowest BCUT2D eigenvalue weighted by atomic mass is 9.98. The maximum atomic E-state index is 12.9. The van der Waals surface area contributed by atoms with Gasteiger partial charge in [0.25, 0.3) is 0 Å². The lowest BCUT2D eigenvalue weighted by Gasteiger charge is -2.23. The molecule has 2 aromatic carbocycles. The number of aryl methyl sites for hydroxylation is 1. The lowest BCUT2D eigenvalue weighted by molar-refractivity contribution is -0.119. The molecular weight excluding hydrogens is 434 g/mol. The SMILES string of the molecule is CCC(C)C(NC(=O)Nc1ccc(Cl)cc1)C(=O)Nc1nnc(-c2ccc(C)cc2)s1. The molecule has 3 N–H and O–H groups in total. The van der Waals surface area contributed by atoms with E-state index in [1.165, 1.54) is 11.3 Å². The molecule has 0 aliphatic carbocycles. The number of carbonyl (C=O) groups is 2. The van der Waals surface area contributed by atoms with Crippen LogP contribution in [0.5, 0.6) is 0 Å². The van der Waals surface area contributed by atoms with Crippen molar-refractivity contribution in [2.24, 2.45) is 5.92 Å². The molecule has 0 bridgehead atoms. The van der Waals surface area contributed by atoms with Gasteiger partial charge in [-0.3, -0.25) is 10.1 Å². The second-order valence-corrected chi connectivity index (χ2v) is 8.65. The predicted molar refractivity (Wildman–Crippen MR) is 126 cm³/mol. The third kappa shape index (κ3) is 6.26. The minimum Gasteiger partial charge on any atom is -0.326 e. The zero-order valence-corrected chi connectivity index (χ0v) is 19.1. The Morgan fingerprint density at radius 3 is 2.35 bits per heavy atom. The zero-order chi connectivity index (χ0) is 22.4. The molecule has 0 aliphatic rings. The largest absolute Gasteiger partial charge is 0.326 e. The van der Waals surface area contributed by atoms with E-state index in [4.69, 9.17) is 11.6 Å². The van der Waals surface area contributed by atoms with Crippen LogP contribution in [0.4, 0.5) is 15.6 Å². The molecule has 162 valence electrons. The quantitative estimate of drug-likeness (QED) is 0.446. The highest BCUT2D eigenvalue weighted by atomic mass is 35.5. The number of nitrogens with zero attached hydrogens (tertiary/aromatic N) is 2. The van der Waals surface area contributed by atoms with Crippen LogP contribution < -0.4 is 16.0 Å². The van der Waals surface area contributed by atoms with Gasteiger partial charge >= 0.3 is 6.03 Å². The number of hydrogen-bond acceptors (Lipinski definition) is 5. The number of amides is 3. The molecule has 9 heteroatoms. The molecule has 0 spiro atoms. The number of nitrogens with one attached hydrogen (secondary N) is 3. The fourth-order valence-corrected chi connectivity index (χ4v) is 3.69. The molecule has 31 heavy (non-hydrogen) atoms. The zero-order valence-electron chi connectivity index (χ0n) is 17.5. The molecule has 3 rings (SSSR count). The highest BCUT2D eigenvalue weighted by Gasteiger charge is 2.27. The second-order valence-electron chi connectivity index (χ2n) is 7.24. The third-order valence-electron chi connectivity index (χ3n) is 4.84. The fourth-order valence-electron chi connectivity index (χ4n) is 2.81. The standard InChI is InChI=1S/C22H24ClN5O2S/c1-4-14(3)18(25-21(30)24-17-11-9-16(23)10-12-17)19(29)26-22-28-27-20(31-22)15-7-5-13(2)6-8-15/h5-12,14,18H,4H2,1-3H3,(H2,24,25,30)(H,26,28,29). The summed E-state index contributed by atoms with van der Waals surface area (Å²) < 4.78 is 0. The predicted octanol–water partition coefficient (Wildman–Crippen LogP) is 5.34. The second kappa shape index (κ2) is 10.4. The maximum absolute atomic E-state index is 12.9. The van der Waals surface area contributed by atoms with Crippen molar-refractivity contribution < 1.29 is 9.59 Å². The molecule has 0 saturated carbocycles. The average molecular weight is 458 g/mol. The number of rotatable bonds is 7. The van der Waals surface area contributed by atoms with Gasteiger partial charge in [-0.25, -0.2) is 4.79 Å². The topological polar surface area (TPSA) is 96.0 Å². The number of carbonyl (C=O) groups excluding carboxylic acids is 2. The fraction of sp³-hybridized carbons (Fsp3) is 0.273. The van der Waals surface area contributed by atoms with Crippen LogP contribution in [0.25, 0.3) is 10.6 Å². The first kappa shape index (κ1) is 22.7. The van der Waals surface area contributed by atoms with Crippen molar-refractivity contribution in [3.63, 3.8) is 0 Å². The Kier molecular flexibility index (Phi) is 7.59. The molecule has 0 fully saturated rings. The first-order valence-electron chi connectivity index (χ1n) is 9.90. The molecule has 1 heterocycles. The van der Waals surface area contributed by atoms with E-state index < -0.39 is 12.1 Å². The molecule has 2 unspecified atom stereocenters. The summed E-state index contributed by atoms with van der Waals surface area (Å²) in [5, 5.41) is 18.2. The number of hydrogen-bond donors (Lipinski definition) is 3.